The largest absolute Gasteiger partial charge is 0.456 e. The molecule has 2 aromatic rings. The Morgan fingerprint density at radius 1 is 1.14 bits per heavy atom. The molecular weight excluding hydrogens is 374 g/mol. The van der Waals surface area contributed by atoms with Crippen molar-refractivity contribution in [2.45, 2.75) is 25.7 Å². The lowest BCUT2D eigenvalue weighted by Crippen LogP contribution is -2.43. The molecule has 2 aliphatic rings. The zero-order valence-corrected chi connectivity index (χ0v) is 16.0. The van der Waals surface area contributed by atoms with Gasteiger partial charge >= 0.3 is 6.03 Å². The van der Waals surface area contributed by atoms with Gasteiger partial charge in [-0.25, -0.2) is 9.78 Å². The van der Waals surface area contributed by atoms with E-state index in [9.17, 15) is 14.4 Å². The number of nitrogens with one attached hydrogen (secondary N) is 2. The van der Waals surface area contributed by atoms with Gasteiger partial charge in [-0.05, 0) is 37.5 Å². The van der Waals surface area contributed by atoms with Gasteiger partial charge in [-0.1, -0.05) is 6.42 Å². The van der Waals surface area contributed by atoms with E-state index in [0.717, 1.165) is 25.7 Å². The van der Waals surface area contributed by atoms with Crippen molar-refractivity contribution >= 4 is 23.7 Å². The third kappa shape index (κ3) is 3.63. The van der Waals surface area contributed by atoms with Crippen molar-refractivity contribution in [3.8, 4) is 11.5 Å². The van der Waals surface area contributed by atoms with E-state index >= 15 is 0 Å². The van der Waals surface area contributed by atoms with E-state index in [2.05, 4.69) is 20.6 Å². The molecule has 1 saturated heterocycles. The van der Waals surface area contributed by atoms with Crippen molar-refractivity contribution in [3.63, 3.8) is 0 Å². The fourth-order valence-electron chi connectivity index (χ4n) is 3.64. The first-order valence-corrected chi connectivity index (χ1v) is 9.46. The predicted octanol–water partition coefficient (Wildman–Crippen LogP) is 2.56. The zero-order valence-electron chi connectivity index (χ0n) is 16.0. The monoisotopic (exact) mass is 395 g/mol. The summed E-state index contributed by atoms with van der Waals surface area (Å²) in [5.41, 5.74) is -0.0677. The van der Waals surface area contributed by atoms with Gasteiger partial charge in [0.05, 0.1) is 11.6 Å². The molecule has 0 bridgehead atoms. The van der Waals surface area contributed by atoms with Crippen LogP contribution in [0, 0.1) is 5.41 Å². The summed E-state index contributed by atoms with van der Waals surface area (Å²) in [5.74, 6) is 0.802. The fraction of sp³-hybridized carbons (Fsp3) is 0.350. The van der Waals surface area contributed by atoms with Gasteiger partial charge in [-0.15, -0.1) is 0 Å². The normalized spacial score (nSPS) is 17.0. The van der Waals surface area contributed by atoms with Crippen molar-refractivity contribution in [1.29, 1.82) is 0 Å². The van der Waals surface area contributed by atoms with E-state index in [-0.39, 0.29) is 22.9 Å². The Morgan fingerprint density at radius 2 is 1.97 bits per heavy atom. The van der Waals surface area contributed by atoms with E-state index in [4.69, 9.17) is 4.74 Å². The number of carbonyl (C=O) groups excluding carboxylic acids is 3. The number of rotatable bonds is 4. The molecule has 29 heavy (non-hydrogen) atoms. The summed E-state index contributed by atoms with van der Waals surface area (Å²) in [4.78, 5) is 46.0. The topological polar surface area (TPSA) is 114 Å². The number of imide groups is 1. The third-order valence-corrected chi connectivity index (χ3v) is 5.47. The van der Waals surface area contributed by atoms with Crippen molar-refractivity contribution in [2.24, 2.45) is 5.41 Å². The van der Waals surface area contributed by atoms with E-state index in [1.165, 1.54) is 30.4 Å². The Bertz CT molecular complexity index is 956. The SMILES string of the molecule is CNC(=O)c1cc(Oc2ccc(NC(=O)N3CCC4(CCC4)C3=O)nc2)ccn1. The standard InChI is InChI=1S/C20H21N5O4/c1-21-17(26)15-11-13(5-9-22-15)29-14-3-4-16(23-12-14)24-19(28)25-10-8-20(18(25)27)6-2-7-20/h3-5,9,11-12H,2,6-8,10H2,1H3,(H,21,26)(H,23,24,28). The second-order valence-electron chi connectivity index (χ2n) is 7.21. The van der Waals surface area contributed by atoms with Gasteiger partial charge in [-0.3, -0.25) is 24.8 Å². The molecule has 9 nitrogen and oxygen atoms in total. The summed E-state index contributed by atoms with van der Waals surface area (Å²) in [7, 11) is 1.52. The minimum atomic E-state index is -0.454. The van der Waals surface area contributed by atoms with Crippen LogP contribution < -0.4 is 15.4 Å². The lowest BCUT2D eigenvalue weighted by atomic mass is 9.68. The highest BCUT2D eigenvalue weighted by atomic mass is 16.5. The Labute approximate surface area is 167 Å². The summed E-state index contributed by atoms with van der Waals surface area (Å²) in [6, 6.07) is 5.92. The lowest BCUT2D eigenvalue weighted by molar-refractivity contribution is -0.137. The quantitative estimate of drug-likeness (QED) is 0.823. The maximum Gasteiger partial charge on any atom is 0.329 e. The summed E-state index contributed by atoms with van der Waals surface area (Å²) >= 11 is 0. The number of hydrogen-bond acceptors (Lipinski definition) is 6. The van der Waals surface area contributed by atoms with Gasteiger partial charge in [0.2, 0.25) is 5.91 Å². The van der Waals surface area contributed by atoms with Crippen LogP contribution in [0.2, 0.25) is 0 Å². The minimum Gasteiger partial charge on any atom is -0.456 e. The van der Waals surface area contributed by atoms with Crippen molar-refractivity contribution in [3.05, 3.63) is 42.4 Å². The van der Waals surface area contributed by atoms with Gasteiger partial charge in [0, 0.05) is 25.9 Å². The molecule has 1 aliphatic heterocycles. The molecule has 2 fully saturated rings. The average molecular weight is 395 g/mol. The Kier molecular flexibility index (Phi) is 4.87. The van der Waals surface area contributed by atoms with Crippen LogP contribution in [-0.2, 0) is 4.79 Å². The van der Waals surface area contributed by atoms with Gasteiger partial charge in [0.1, 0.15) is 23.0 Å². The number of urea groups is 1. The van der Waals surface area contributed by atoms with Crippen LogP contribution in [0.5, 0.6) is 11.5 Å². The molecule has 4 rings (SSSR count). The maximum absolute atomic E-state index is 12.5. The zero-order chi connectivity index (χ0) is 20.4. The number of ether oxygens (including phenoxy) is 1. The first kappa shape index (κ1) is 18.9. The third-order valence-electron chi connectivity index (χ3n) is 5.47. The molecule has 0 aromatic carbocycles. The second kappa shape index (κ2) is 7.50. The molecule has 2 N–H and O–H groups in total. The lowest BCUT2D eigenvalue weighted by Gasteiger charge is -2.35. The van der Waals surface area contributed by atoms with Crippen molar-refractivity contribution in [2.75, 3.05) is 18.9 Å². The van der Waals surface area contributed by atoms with Gasteiger partial charge in [-0.2, -0.15) is 0 Å². The summed E-state index contributed by atoms with van der Waals surface area (Å²) < 4.78 is 5.68. The molecule has 1 saturated carbocycles. The first-order chi connectivity index (χ1) is 14.0. The van der Waals surface area contributed by atoms with Crippen LogP contribution in [0.3, 0.4) is 0 Å². The molecule has 9 heteroatoms. The van der Waals surface area contributed by atoms with Crippen LogP contribution in [0.4, 0.5) is 10.6 Å². The minimum absolute atomic E-state index is 0.0780. The van der Waals surface area contributed by atoms with E-state index < -0.39 is 6.03 Å². The van der Waals surface area contributed by atoms with Crippen molar-refractivity contribution in [1.82, 2.24) is 20.2 Å². The number of likely N-dealkylation sites (tertiary alicyclic amines) is 1. The van der Waals surface area contributed by atoms with Gasteiger partial charge in [0.15, 0.2) is 0 Å². The Hall–Kier alpha value is -3.49. The highest BCUT2D eigenvalue weighted by Gasteiger charge is 2.52. The maximum atomic E-state index is 12.5. The molecule has 150 valence electrons. The number of aromatic nitrogens is 2. The molecule has 0 atom stereocenters. The number of pyridine rings is 2. The number of amides is 4. The van der Waals surface area contributed by atoms with Crippen LogP contribution in [-0.4, -0.2) is 46.3 Å². The fourth-order valence-corrected chi connectivity index (χ4v) is 3.64. The molecule has 1 spiro atoms. The molecule has 3 heterocycles. The number of hydrogen-bond donors (Lipinski definition) is 2. The Balaban J connectivity index is 1.38. The summed E-state index contributed by atoms with van der Waals surface area (Å²) in [6.45, 7) is 0.446. The van der Waals surface area contributed by atoms with E-state index in [1.807, 2.05) is 0 Å². The number of nitrogens with zero attached hydrogens (tertiary/aromatic N) is 3. The van der Waals surface area contributed by atoms with Crippen LogP contribution in [0.15, 0.2) is 36.7 Å². The number of carbonyl (C=O) groups is 3. The number of anilines is 1. The molecule has 2 aromatic heterocycles. The van der Waals surface area contributed by atoms with Crippen LogP contribution in [0.25, 0.3) is 0 Å². The molecule has 4 amide bonds. The molecule has 1 aliphatic carbocycles. The van der Waals surface area contributed by atoms with Crippen molar-refractivity contribution < 1.29 is 19.1 Å². The van der Waals surface area contributed by atoms with Crippen LogP contribution in [0.1, 0.15) is 36.2 Å². The van der Waals surface area contributed by atoms with E-state index in [1.54, 1.807) is 18.2 Å². The molecular formula is C20H21N5O4. The van der Waals surface area contributed by atoms with E-state index in [0.29, 0.717) is 23.9 Å². The summed E-state index contributed by atoms with van der Waals surface area (Å²) in [5, 5.41) is 5.16. The Morgan fingerprint density at radius 3 is 2.59 bits per heavy atom. The molecule has 0 radical (unpaired) electrons. The average Bonchev–Trinajstić information content (AvgIpc) is 3.07. The van der Waals surface area contributed by atoms with Crippen LogP contribution >= 0.6 is 0 Å². The highest BCUT2D eigenvalue weighted by Crippen LogP contribution is 2.49. The smallest absolute Gasteiger partial charge is 0.329 e. The second-order valence-corrected chi connectivity index (χ2v) is 7.21. The molecule has 0 unspecified atom stereocenters. The summed E-state index contributed by atoms with van der Waals surface area (Å²) in [6.07, 6.45) is 6.46. The van der Waals surface area contributed by atoms with Gasteiger partial charge in [0.25, 0.3) is 5.91 Å². The highest BCUT2D eigenvalue weighted by molar-refractivity contribution is 6.04. The van der Waals surface area contributed by atoms with Gasteiger partial charge < -0.3 is 10.1 Å². The predicted molar refractivity (Wildman–Crippen MR) is 104 cm³/mol. The first-order valence-electron chi connectivity index (χ1n) is 9.46.